The van der Waals surface area contributed by atoms with Crippen LogP contribution in [0.25, 0.3) is 10.8 Å². The van der Waals surface area contributed by atoms with Crippen molar-refractivity contribution in [2.24, 2.45) is 0 Å². The van der Waals surface area contributed by atoms with Crippen LogP contribution in [0.1, 0.15) is 25.0 Å². The highest BCUT2D eigenvalue weighted by atomic mass is 16.5. The fourth-order valence-corrected chi connectivity index (χ4v) is 2.80. The van der Waals surface area contributed by atoms with Crippen molar-refractivity contribution in [1.82, 2.24) is 5.32 Å². The number of benzene rings is 3. The Bertz CT molecular complexity index is 903. The molecule has 28 heavy (non-hydrogen) atoms. The number of carbonyl (C=O) groups is 2. The van der Waals surface area contributed by atoms with Crippen LogP contribution in [0.2, 0.25) is 0 Å². The summed E-state index contributed by atoms with van der Waals surface area (Å²) >= 11 is 0. The molecule has 1 unspecified atom stereocenters. The van der Waals surface area contributed by atoms with Crippen LogP contribution in [-0.4, -0.2) is 23.2 Å². The molecule has 1 amide bonds. The van der Waals surface area contributed by atoms with Crippen molar-refractivity contribution in [1.29, 1.82) is 0 Å². The van der Waals surface area contributed by atoms with E-state index in [1.165, 1.54) is 0 Å². The molecule has 0 aliphatic carbocycles. The summed E-state index contributed by atoms with van der Waals surface area (Å²) in [4.78, 5) is 23.6. The number of nitrogens with one attached hydrogen (secondary N) is 1. The largest absolute Gasteiger partial charge is 0.480 e. The Morgan fingerprint density at radius 3 is 2.29 bits per heavy atom. The molecule has 0 saturated carbocycles. The summed E-state index contributed by atoms with van der Waals surface area (Å²) in [7, 11) is 0. The van der Waals surface area contributed by atoms with Gasteiger partial charge in [0.05, 0.1) is 0 Å². The Balaban J connectivity index is 0.00000136. The fraction of sp³-hybridized carbons (Fsp3) is 0.217. The van der Waals surface area contributed by atoms with Crippen LogP contribution in [-0.2, 0) is 22.6 Å². The molecule has 0 bridgehead atoms. The Labute approximate surface area is 165 Å². The molecule has 0 aliphatic heterocycles. The minimum Gasteiger partial charge on any atom is -0.480 e. The van der Waals surface area contributed by atoms with Crippen LogP contribution < -0.4 is 5.32 Å². The number of rotatable bonds is 6. The lowest BCUT2D eigenvalue weighted by molar-refractivity contribution is -0.139. The van der Waals surface area contributed by atoms with Gasteiger partial charge in [-0.15, -0.1) is 0 Å². The van der Waals surface area contributed by atoms with Gasteiger partial charge in [0.1, 0.15) is 12.6 Å². The van der Waals surface area contributed by atoms with Gasteiger partial charge in [0.15, 0.2) is 0 Å². The van der Waals surface area contributed by atoms with E-state index in [-0.39, 0.29) is 13.0 Å². The second kappa shape index (κ2) is 10.7. The maximum absolute atomic E-state index is 12.0. The van der Waals surface area contributed by atoms with E-state index in [9.17, 15) is 14.7 Å². The molecule has 0 radical (unpaired) electrons. The van der Waals surface area contributed by atoms with Gasteiger partial charge in [-0.05, 0) is 21.9 Å². The number of carboxylic acid groups (broad SMARTS) is 1. The summed E-state index contributed by atoms with van der Waals surface area (Å²) in [6, 6.07) is 21.6. The summed E-state index contributed by atoms with van der Waals surface area (Å²) < 4.78 is 5.12. The van der Waals surface area contributed by atoms with E-state index < -0.39 is 18.1 Å². The van der Waals surface area contributed by atoms with E-state index >= 15 is 0 Å². The molecule has 0 aliphatic rings. The van der Waals surface area contributed by atoms with Crippen LogP contribution in [0.4, 0.5) is 4.79 Å². The maximum atomic E-state index is 12.0. The van der Waals surface area contributed by atoms with Crippen molar-refractivity contribution in [3.63, 3.8) is 0 Å². The zero-order valence-corrected chi connectivity index (χ0v) is 16.1. The summed E-state index contributed by atoms with van der Waals surface area (Å²) in [6.45, 7) is 4.09. The number of amides is 1. The molecular formula is C23H25NO4. The Morgan fingerprint density at radius 2 is 1.57 bits per heavy atom. The second-order valence-corrected chi connectivity index (χ2v) is 5.94. The average Bonchev–Trinajstić information content (AvgIpc) is 2.74. The standard InChI is InChI=1S/C21H19NO4.C2H6/c23-20(24)19(22-21(25)26-14-15-7-2-1-3-8-15)13-17-11-6-10-16-9-4-5-12-18(16)17;1-2/h1-12,19H,13-14H2,(H,22,25)(H,23,24);1-2H3. The maximum Gasteiger partial charge on any atom is 0.408 e. The molecule has 0 saturated heterocycles. The van der Waals surface area contributed by atoms with Crippen molar-refractivity contribution in [3.05, 3.63) is 83.9 Å². The molecule has 3 aromatic rings. The minimum absolute atomic E-state index is 0.0906. The summed E-state index contributed by atoms with van der Waals surface area (Å²) in [5.41, 5.74) is 1.70. The highest BCUT2D eigenvalue weighted by molar-refractivity contribution is 5.87. The third-order valence-electron chi connectivity index (χ3n) is 4.11. The zero-order chi connectivity index (χ0) is 20.4. The lowest BCUT2D eigenvalue weighted by Gasteiger charge is -2.16. The van der Waals surface area contributed by atoms with E-state index in [0.717, 1.165) is 21.9 Å². The quantitative estimate of drug-likeness (QED) is 0.646. The van der Waals surface area contributed by atoms with Gasteiger partial charge in [-0.25, -0.2) is 9.59 Å². The molecular weight excluding hydrogens is 354 g/mol. The zero-order valence-electron chi connectivity index (χ0n) is 16.1. The minimum atomic E-state index is -1.10. The summed E-state index contributed by atoms with van der Waals surface area (Å²) in [6.07, 6.45) is -0.571. The summed E-state index contributed by atoms with van der Waals surface area (Å²) in [5.74, 6) is -1.10. The Hall–Kier alpha value is -3.34. The number of fused-ring (bicyclic) bond motifs is 1. The highest BCUT2D eigenvalue weighted by Crippen LogP contribution is 2.20. The van der Waals surface area contributed by atoms with Crippen LogP contribution in [0.3, 0.4) is 0 Å². The first kappa shape index (κ1) is 21.0. The Morgan fingerprint density at radius 1 is 0.929 bits per heavy atom. The fourth-order valence-electron chi connectivity index (χ4n) is 2.80. The first-order chi connectivity index (χ1) is 13.6. The number of alkyl carbamates (subject to hydrolysis) is 1. The van der Waals surface area contributed by atoms with Gasteiger partial charge < -0.3 is 15.2 Å². The molecule has 3 rings (SSSR count). The van der Waals surface area contributed by atoms with E-state index in [0.29, 0.717) is 0 Å². The molecule has 1 atom stereocenters. The normalized spacial score (nSPS) is 11.1. The van der Waals surface area contributed by atoms with Gasteiger partial charge in [0.25, 0.3) is 0 Å². The number of ether oxygens (including phenoxy) is 1. The van der Waals surface area contributed by atoms with Crippen molar-refractivity contribution >= 4 is 22.8 Å². The van der Waals surface area contributed by atoms with E-state index in [4.69, 9.17) is 4.74 Å². The molecule has 0 aromatic heterocycles. The van der Waals surface area contributed by atoms with Crippen LogP contribution >= 0.6 is 0 Å². The lowest BCUT2D eigenvalue weighted by Crippen LogP contribution is -2.42. The van der Waals surface area contributed by atoms with Crippen molar-refractivity contribution in [2.75, 3.05) is 0 Å². The van der Waals surface area contributed by atoms with Crippen molar-refractivity contribution in [3.8, 4) is 0 Å². The molecule has 0 fully saturated rings. The van der Waals surface area contributed by atoms with E-state index in [1.807, 2.05) is 86.6 Å². The van der Waals surface area contributed by atoms with Gasteiger partial charge in [0, 0.05) is 6.42 Å². The van der Waals surface area contributed by atoms with E-state index in [1.54, 1.807) is 0 Å². The number of aliphatic carboxylic acids is 1. The molecule has 3 aromatic carbocycles. The molecule has 0 spiro atoms. The highest BCUT2D eigenvalue weighted by Gasteiger charge is 2.22. The van der Waals surface area contributed by atoms with Gasteiger partial charge >= 0.3 is 12.1 Å². The van der Waals surface area contributed by atoms with E-state index in [2.05, 4.69) is 5.32 Å². The van der Waals surface area contributed by atoms with Gasteiger partial charge in [0.2, 0.25) is 0 Å². The van der Waals surface area contributed by atoms with Crippen LogP contribution in [0, 0.1) is 0 Å². The number of hydrogen-bond donors (Lipinski definition) is 2. The third-order valence-corrected chi connectivity index (χ3v) is 4.11. The Kier molecular flexibility index (Phi) is 8.03. The van der Waals surface area contributed by atoms with Crippen molar-refractivity contribution < 1.29 is 19.4 Å². The molecule has 146 valence electrons. The second-order valence-electron chi connectivity index (χ2n) is 5.94. The first-order valence-electron chi connectivity index (χ1n) is 9.30. The number of hydrogen-bond acceptors (Lipinski definition) is 3. The number of carbonyl (C=O) groups excluding carboxylic acids is 1. The summed E-state index contributed by atoms with van der Waals surface area (Å²) in [5, 5.41) is 13.9. The molecule has 5 nitrogen and oxygen atoms in total. The van der Waals surface area contributed by atoms with Crippen molar-refractivity contribution in [2.45, 2.75) is 32.9 Å². The van der Waals surface area contributed by atoms with Crippen LogP contribution in [0.5, 0.6) is 0 Å². The SMILES string of the molecule is CC.O=C(NC(Cc1cccc2ccccc12)C(=O)O)OCc1ccccc1. The first-order valence-corrected chi connectivity index (χ1v) is 9.30. The molecule has 2 N–H and O–H groups in total. The number of carboxylic acids is 1. The third kappa shape index (κ3) is 5.84. The topological polar surface area (TPSA) is 75.6 Å². The average molecular weight is 379 g/mol. The van der Waals surface area contributed by atoms with Gasteiger partial charge in [-0.2, -0.15) is 0 Å². The van der Waals surface area contributed by atoms with Gasteiger partial charge in [-0.3, -0.25) is 0 Å². The predicted octanol–water partition coefficient (Wildman–Crippen LogP) is 4.79. The smallest absolute Gasteiger partial charge is 0.408 e. The molecule has 0 heterocycles. The van der Waals surface area contributed by atoms with Crippen LogP contribution in [0.15, 0.2) is 72.8 Å². The van der Waals surface area contributed by atoms with Gasteiger partial charge in [-0.1, -0.05) is 86.6 Å². The predicted molar refractivity (Wildman–Crippen MR) is 110 cm³/mol. The molecule has 5 heteroatoms. The lowest BCUT2D eigenvalue weighted by atomic mass is 9.99. The monoisotopic (exact) mass is 379 g/mol.